The van der Waals surface area contributed by atoms with Crippen LogP contribution >= 0.6 is 0 Å². The number of unbranched alkanes of at least 4 members (excludes halogenated alkanes) is 6. The molecule has 0 aliphatic heterocycles. The molecule has 14 heavy (non-hydrogen) atoms. The average Bonchev–Trinajstić information content (AvgIpc) is 2.16. The fourth-order valence-electron chi connectivity index (χ4n) is 1.33. The van der Waals surface area contributed by atoms with Crippen molar-refractivity contribution in [2.45, 2.75) is 58.3 Å². The van der Waals surface area contributed by atoms with Crippen molar-refractivity contribution >= 4 is 0 Å². The summed E-state index contributed by atoms with van der Waals surface area (Å²) in [5.41, 5.74) is 0. The van der Waals surface area contributed by atoms with E-state index in [-0.39, 0.29) is 6.42 Å². The molecule has 0 aliphatic carbocycles. The first-order valence-electron chi connectivity index (χ1n) is 5.38. The molecular formula is C11H19F3. The highest BCUT2D eigenvalue weighted by Crippen LogP contribution is 2.17. The highest BCUT2D eigenvalue weighted by Gasteiger charge is 2.03. The van der Waals surface area contributed by atoms with Crippen LogP contribution in [0.2, 0.25) is 0 Å². The molecule has 0 saturated carbocycles. The van der Waals surface area contributed by atoms with E-state index in [0.717, 1.165) is 19.3 Å². The first kappa shape index (κ1) is 13.5. The SMILES string of the molecule is CCCCCCCCCC(F)=C(F)F. The predicted molar refractivity (Wildman–Crippen MR) is 53.0 cm³/mol. The van der Waals surface area contributed by atoms with Crippen molar-refractivity contribution in [2.75, 3.05) is 0 Å². The molecule has 0 N–H and O–H groups in total. The molecule has 0 unspecified atom stereocenters. The molecule has 0 heterocycles. The lowest BCUT2D eigenvalue weighted by atomic mass is 10.1. The number of rotatable bonds is 8. The molecule has 0 aromatic carbocycles. The van der Waals surface area contributed by atoms with Gasteiger partial charge >= 0.3 is 6.08 Å². The Bertz CT molecular complexity index is 160. The van der Waals surface area contributed by atoms with Gasteiger partial charge in [0, 0.05) is 6.42 Å². The summed E-state index contributed by atoms with van der Waals surface area (Å²) >= 11 is 0. The van der Waals surface area contributed by atoms with E-state index in [9.17, 15) is 13.2 Å². The lowest BCUT2D eigenvalue weighted by Gasteiger charge is -1.99. The third kappa shape index (κ3) is 8.14. The van der Waals surface area contributed by atoms with E-state index in [1.165, 1.54) is 19.3 Å². The zero-order valence-corrected chi connectivity index (χ0v) is 8.79. The number of allylic oxidation sites excluding steroid dienone is 1. The molecule has 0 aromatic rings. The van der Waals surface area contributed by atoms with Gasteiger partial charge in [-0.15, -0.1) is 0 Å². The minimum absolute atomic E-state index is 0.101. The Morgan fingerprint density at radius 3 is 1.79 bits per heavy atom. The number of hydrogen-bond donors (Lipinski definition) is 0. The fourth-order valence-corrected chi connectivity index (χ4v) is 1.33. The molecule has 0 amide bonds. The van der Waals surface area contributed by atoms with E-state index >= 15 is 0 Å². The third-order valence-corrected chi connectivity index (χ3v) is 2.20. The second-order valence-electron chi connectivity index (χ2n) is 3.54. The van der Waals surface area contributed by atoms with Gasteiger partial charge in [0.1, 0.15) is 0 Å². The highest BCUT2D eigenvalue weighted by atomic mass is 19.3. The van der Waals surface area contributed by atoms with E-state index in [1.807, 2.05) is 0 Å². The molecule has 0 saturated heterocycles. The topological polar surface area (TPSA) is 0 Å². The van der Waals surface area contributed by atoms with Crippen LogP contribution in [0.1, 0.15) is 58.3 Å². The normalized spacial score (nSPS) is 10.3. The summed E-state index contributed by atoms with van der Waals surface area (Å²) in [7, 11) is 0. The molecular weight excluding hydrogens is 189 g/mol. The second kappa shape index (κ2) is 9.10. The molecule has 0 atom stereocenters. The van der Waals surface area contributed by atoms with Crippen molar-refractivity contribution in [1.82, 2.24) is 0 Å². The van der Waals surface area contributed by atoms with Crippen LogP contribution < -0.4 is 0 Å². The third-order valence-electron chi connectivity index (χ3n) is 2.20. The summed E-state index contributed by atoms with van der Waals surface area (Å²) in [5, 5.41) is 0. The standard InChI is InChI=1S/C11H19F3/c1-2-3-4-5-6-7-8-9-10(12)11(13)14/h2-9H2,1H3. The molecule has 0 radical (unpaired) electrons. The van der Waals surface area contributed by atoms with Crippen molar-refractivity contribution in [3.63, 3.8) is 0 Å². The van der Waals surface area contributed by atoms with E-state index in [2.05, 4.69) is 6.92 Å². The maximum Gasteiger partial charge on any atom is 0.301 e. The minimum Gasteiger partial charge on any atom is -0.206 e. The first-order chi connectivity index (χ1) is 6.68. The number of hydrogen-bond acceptors (Lipinski definition) is 0. The lowest BCUT2D eigenvalue weighted by molar-refractivity contribution is 0.367. The lowest BCUT2D eigenvalue weighted by Crippen LogP contribution is -1.82. The summed E-state index contributed by atoms with van der Waals surface area (Å²) in [6.45, 7) is 2.14. The average molecular weight is 208 g/mol. The van der Waals surface area contributed by atoms with Crippen LogP contribution in [-0.2, 0) is 0 Å². The van der Waals surface area contributed by atoms with Gasteiger partial charge in [0.15, 0.2) is 5.83 Å². The van der Waals surface area contributed by atoms with Gasteiger partial charge in [0.25, 0.3) is 0 Å². The molecule has 0 rings (SSSR count). The monoisotopic (exact) mass is 208 g/mol. The minimum atomic E-state index is -2.16. The Morgan fingerprint density at radius 1 is 0.786 bits per heavy atom. The van der Waals surface area contributed by atoms with Crippen molar-refractivity contribution in [3.8, 4) is 0 Å². The first-order valence-corrected chi connectivity index (χ1v) is 5.38. The zero-order valence-electron chi connectivity index (χ0n) is 8.79. The van der Waals surface area contributed by atoms with Crippen molar-refractivity contribution in [3.05, 3.63) is 11.9 Å². The molecule has 0 aliphatic rings. The molecule has 3 heteroatoms. The molecule has 0 spiro atoms. The predicted octanol–water partition coefficient (Wildman–Crippen LogP) is 5.20. The Balaban J connectivity index is 3.18. The second-order valence-corrected chi connectivity index (χ2v) is 3.54. The quantitative estimate of drug-likeness (QED) is 0.480. The Kier molecular flexibility index (Phi) is 8.79. The van der Waals surface area contributed by atoms with Gasteiger partial charge in [-0.2, -0.15) is 8.78 Å². The molecule has 84 valence electrons. The maximum atomic E-state index is 12.3. The van der Waals surface area contributed by atoms with Crippen molar-refractivity contribution in [1.29, 1.82) is 0 Å². The van der Waals surface area contributed by atoms with Gasteiger partial charge in [0.05, 0.1) is 0 Å². The van der Waals surface area contributed by atoms with Crippen LogP contribution in [0.3, 0.4) is 0 Å². The van der Waals surface area contributed by atoms with E-state index in [4.69, 9.17) is 0 Å². The van der Waals surface area contributed by atoms with E-state index in [1.54, 1.807) is 0 Å². The smallest absolute Gasteiger partial charge is 0.206 e. The van der Waals surface area contributed by atoms with Crippen LogP contribution in [-0.4, -0.2) is 0 Å². The molecule has 0 bridgehead atoms. The van der Waals surface area contributed by atoms with Crippen LogP contribution in [0.4, 0.5) is 13.2 Å². The van der Waals surface area contributed by atoms with Crippen LogP contribution in [0.5, 0.6) is 0 Å². The van der Waals surface area contributed by atoms with Gasteiger partial charge < -0.3 is 0 Å². The summed E-state index contributed by atoms with van der Waals surface area (Å²) in [6, 6.07) is 0. The summed E-state index contributed by atoms with van der Waals surface area (Å²) in [6.07, 6.45) is 4.93. The van der Waals surface area contributed by atoms with Gasteiger partial charge in [-0.25, -0.2) is 4.39 Å². The highest BCUT2D eigenvalue weighted by molar-refractivity contribution is 4.90. The Labute approximate surface area is 84.2 Å². The van der Waals surface area contributed by atoms with Crippen molar-refractivity contribution < 1.29 is 13.2 Å². The van der Waals surface area contributed by atoms with Crippen LogP contribution in [0.25, 0.3) is 0 Å². The summed E-state index contributed by atoms with van der Waals surface area (Å²) in [4.78, 5) is 0. The van der Waals surface area contributed by atoms with Crippen molar-refractivity contribution in [2.24, 2.45) is 0 Å². The zero-order chi connectivity index (χ0) is 10.8. The van der Waals surface area contributed by atoms with Gasteiger partial charge in [-0.3, -0.25) is 0 Å². The Hall–Kier alpha value is -0.470. The molecule has 0 nitrogen and oxygen atoms in total. The maximum absolute atomic E-state index is 12.3. The van der Waals surface area contributed by atoms with E-state index < -0.39 is 11.9 Å². The van der Waals surface area contributed by atoms with Gasteiger partial charge in [-0.05, 0) is 6.42 Å². The van der Waals surface area contributed by atoms with Crippen LogP contribution in [0.15, 0.2) is 11.9 Å². The van der Waals surface area contributed by atoms with Gasteiger partial charge in [0.2, 0.25) is 0 Å². The van der Waals surface area contributed by atoms with Crippen LogP contribution in [0, 0.1) is 0 Å². The number of halogens is 3. The largest absolute Gasteiger partial charge is 0.301 e. The Morgan fingerprint density at radius 2 is 1.29 bits per heavy atom. The summed E-state index contributed by atoms with van der Waals surface area (Å²) in [5.74, 6) is -1.24. The summed E-state index contributed by atoms with van der Waals surface area (Å²) < 4.78 is 35.5. The molecule has 0 aromatic heterocycles. The van der Waals surface area contributed by atoms with E-state index in [0.29, 0.717) is 6.42 Å². The fraction of sp³-hybridized carbons (Fsp3) is 0.818. The molecule has 0 fully saturated rings. The van der Waals surface area contributed by atoms with Gasteiger partial charge in [-0.1, -0.05) is 45.4 Å².